The summed E-state index contributed by atoms with van der Waals surface area (Å²) in [5, 5.41) is 0.208. The standard InChI is InChI=1S/C21H17F3N2O/c1-12-3-4-14(13(2)9-12)10-15-7-8-26-19(15)25-18-11-16(21(22,23)24)5-6-17(18)20(26)27/h3-6,9-11H,7-8H2,1-2H3/b15-10+. The first-order chi connectivity index (χ1) is 12.7. The van der Waals surface area contributed by atoms with Crippen LogP contribution in [0.3, 0.4) is 0 Å². The van der Waals surface area contributed by atoms with Gasteiger partial charge in [-0.25, -0.2) is 4.98 Å². The number of allylic oxidation sites excluding steroid dienone is 1. The number of rotatable bonds is 1. The van der Waals surface area contributed by atoms with Gasteiger partial charge in [0.05, 0.1) is 16.5 Å². The molecule has 0 saturated heterocycles. The Balaban J connectivity index is 1.89. The molecule has 27 heavy (non-hydrogen) atoms. The molecule has 0 N–H and O–H groups in total. The lowest BCUT2D eigenvalue weighted by Crippen LogP contribution is -2.21. The molecule has 0 aliphatic carbocycles. The maximum Gasteiger partial charge on any atom is 0.416 e. The molecular weight excluding hydrogens is 353 g/mol. The van der Waals surface area contributed by atoms with Gasteiger partial charge in [0.25, 0.3) is 5.56 Å². The van der Waals surface area contributed by atoms with Crippen LogP contribution >= 0.6 is 0 Å². The van der Waals surface area contributed by atoms with Crippen molar-refractivity contribution >= 4 is 22.6 Å². The van der Waals surface area contributed by atoms with E-state index in [0.29, 0.717) is 18.8 Å². The Hall–Kier alpha value is -2.89. The third kappa shape index (κ3) is 3.05. The van der Waals surface area contributed by atoms with E-state index in [1.165, 1.54) is 6.07 Å². The van der Waals surface area contributed by atoms with Crippen molar-refractivity contribution in [3.63, 3.8) is 0 Å². The first-order valence-electron chi connectivity index (χ1n) is 8.64. The van der Waals surface area contributed by atoms with Crippen molar-refractivity contribution < 1.29 is 13.2 Å². The molecule has 2 aromatic carbocycles. The fourth-order valence-corrected chi connectivity index (χ4v) is 3.51. The second kappa shape index (κ2) is 6.08. The Kier molecular flexibility index (Phi) is 3.94. The molecule has 138 valence electrons. The molecule has 0 saturated carbocycles. The number of alkyl halides is 3. The quantitative estimate of drug-likeness (QED) is 0.606. The molecule has 0 atom stereocenters. The Bertz CT molecular complexity index is 1160. The second-order valence-electron chi connectivity index (χ2n) is 6.90. The molecule has 0 bridgehead atoms. The number of aryl methyl sites for hydroxylation is 2. The molecule has 0 spiro atoms. The number of hydrogen-bond acceptors (Lipinski definition) is 2. The summed E-state index contributed by atoms with van der Waals surface area (Å²) in [6.45, 7) is 4.50. The van der Waals surface area contributed by atoms with E-state index in [-0.39, 0.29) is 16.5 Å². The predicted octanol–water partition coefficient (Wildman–Crippen LogP) is 4.98. The molecule has 0 unspecified atom stereocenters. The van der Waals surface area contributed by atoms with Gasteiger partial charge in [0.15, 0.2) is 0 Å². The van der Waals surface area contributed by atoms with E-state index in [2.05, 4.69) is 11.1 Å². The zero-order chi connectivity index (χ0) is 19.3. The largest absolute Gasteiger partial charge is 0.416 e. The van der Waals surface area contributed by atoms with Gasteiger partial charge < -0.3 is 0 Å². The van der Waals surface area contributed by atoms with Gasteiger partial charge in [0.2, 0.25) is 0 Å². The van der Waals surface area contributed by atoms with Gasteiger partial charge in [0.1, 0.15) is 5.82 Å². The van der Waals surface area contributed by atoms with Crippen LogP contribution in [0.15, 0.2) is 41.2 Å². The normalized spacial score (nSPS) is 15.5. The number of halogens is 3. The van der Waals surface area contributed by atoms with Crippen LogP contribution in [0.5, 0.6) is 0 Å². The van der Waals surface area contributed by atoms with Crippen molar-refractivity contribution in [2.24, 2.45) is 0 Å². The number of aromatic nitrogens is 2. The summed E-state index contributed by atoms with van der Waals surface area (Å²) in [5.74, 6) is 0.451. The van der Waals surface area contributed by atoms with Gasteiger partial charge in [-0.2, -0.15) is 13.2 Å². The average Bonchev–Trinajstić information content (AvgIpc) is 2.99. The van der Waals surface area contributed by atoms with Gasteiger partial charge in [0, 0.05) is 6.54 Å². The van der Waals surface area contributed by atoms with Crippen LogP contribution in [0.2, 0.25) is 0 Å². The summed E-state index contributed by atoms with van der Waals surface area (Å²) in [4.78, 5) is 17.1. The van der Waals surface area contributed by atoms with Gasteiger partial charge in [-0.05, 0) is 61.2 Å². The van der Waals surface area contributed by atoms with Crippen molar-refractivity contribution in [2.45, 2.75) is 33.0 Å². The lowest BCUT2D eigenvalue weighted by molar-refractivity contribution is -0.137. The van der Waals surface area contributed by atoms with Crippen LogP contribution in [0.1, 0.15) is 34.5 Å². The van der Waals surface area contributed by atoms with E-state index in [4.69, 9.17) is 0 Å². The van der Waals surface area contributed by atoms with E-state index in [9.17, 15) is 18.0 Å². The molecule has 1 aliphatic rings. The van der Waals surface area contributed by atoms with E-state index in [0.717, 1.165) is 34.4 Å². The van der Waals surface area contributed by atoms with Crippen molar-refractivity contribution in [1.29, 1.82) is 0 Å². The van der Waals surface area contributed by atoms with E-state index < -0.39 is 11.7 Å². The molecule has 0 radical (unpaired) electrons. The Morgan fingerprint density at radius 1 is 1.11 bits per heavy atom. The summed E-state index contributed by atoms with van der Waals surface area (Å²) in [7, 11) is 0. The van der Waals surface area contributed by atoms with Crippen LogP contribution in [0.4, 0.5) is 13.2 Å². The summed E-state index contributed by atoms with van der Waals surface area (Å²) in [5.41, 5.74) is 3.11. The minimum Gasteiger partial charge on any atom is -0.292 e. The summed E-state index contributed by atoms with van der Waals surface area (Å²) >= 11 is 0. The molecule has 1 aliphatic heterocycles. The fourth-order valence-electron chi connectivity index (χ4n) is 3.51. The maximum atomic E-state index is 13.0. The maximum absolute atomic E-state index is 13.0. The number of benzene rings is 2. The minimum absolute atomic E-state index is 0.0782. The molecule has 1 aromatic heterocycles. The molecule has 6 heteroatoms. The van der Waals surface area contributed by atoms with Crippen molar-refractivity contribution in [1.82, 2.24) is 9.55 Å². The van der Waals surface area contributed by atoms with Crippen LogP contribution in [-0.2, 0) is 12.7 Å². The third-order valence-electron chi connectivity index (χ3n) is 4.93. The smallest absolute Gasteiger partial charge is 0.292 e. The highest BCUT2D eigenvalue weighted by Gasteiger charge is 2.31. The zero-order valence-corrected chi connectivity index (χ0v) is 14.9. The molecule has 4 rings (SSSR count). The van der Waals surface area contributed by atoms with E-state index >= 15 is 0 Å². The highest BCUT2D eigenvalue weighted by molar-refractivity contribution is 5.85. The van der Waals surface area contributed by atoms with Gasteiger partial charge >= 0.3 is 6.18 Å². The Morgan fingerprint density at radius 3 is 2.59 bits per heavy atom. The van der Waals surface area contributed by atoms with Crippen LogP contribution < -0.4 is 5.56 Å². The zero-order valence-electron chi connectivity index (χ0n) is 14.9. The molecular formula is C21H17F3N2O. The Morgan fingerprint density at radius 2 is 1.89 bits per heavy atom. The van der Waals surface area contributed by atoms with Crippen molar-refractivity contribution in [3.05, 3.63) is 74.8 Å². The molecule has 3 nitrogen and oxygen atoms in total. The van der Waals surface area contributed by atoms with E-state index in [1.54, 1.807) is 4.57 Å². The monoisotopic (exact) mass is 370 g/mol. The van der Waals surface area contributed by atoms with Crippen LogP contribution in [0, 0.1) is 13.8 Å². The van der Waals surface area contributed by atoms with Crippen molar-refractivity contribution in [2.75, 3.05) is 0 Å². The van der Waals surface area contributed by atoms with Gasteiger partial charge in [-0.15, -0.1) is 0 Å². The lowest BCUT2D eigenvalue weighted by Gasteiger charge is -2.10. The van der Waals surface area contributed by atoms with Gasteiger partial charge in [-0.3, -0.25) is 9.36 Å². The summed E-state index contributed by atoms with van der Waals surface area (Å²) in [6, 6.07) is 9.17. The molecule has 3 aromatic rings. The lowest BCUT2D eigenvalue weighted by atomic mass is 10.0. The summed E-state index contributed by atoms with van der Waals surface area (Å²) < 4.78 is 40.6. The average molecular weight is 370 g/mol. The molecule has 0 fully saturated rings. The SMILES string of the molecule is Cc1ccc(/C=C2\CCn3c2nc2cc(C(F)(F)F)ccc2c3=O)c(C)c1. The summed E-state index contributed by atoms with van der Waals surface area (Å²) in [6.07, 6.45) is -1.87. The topological polar surface area (TPSA) is 34.9 Å². The number of nitrogens with zero attached hydrogens (tertiary/aromatic N) is 2. The first-order valence-corrected chi connectivity index (χ1v) is 8.64. The van der Waals surface area contributed by atoms with Crippen molar-refractivity contribution in [3.8, 4) is 0 Å². The fraction of sp³-hybridized carbons (Fsp3) is 0.238. The predicted molar refractivity (Wildman–Crippen MR) is 99.4 cm³/mol. The Labute approximate surface area is 153 Å². The van der Waals surface area contributed by atoms with E-state index in [1.807, 2.05) is 32.1 Å². The molecule has 2 heterocycles. The number of hydrogen-bond donors (Lipinski definition) is 0. The third-order valence-corrected chi connectivity index (χ3v) is 4.93. The molecule has 0 amide bonds. The van der Waals surface area contributed by atoms with Gasteiger partial charge in [-0.1, -0.05) is 23.8 Å². The minimum atomic E-state index is -4.47. The number of fused-ring (bicyclic) bond motifs is 2. The highest BCUT2D eigenvalue weighted by atomic mass is 19.4. The van der Waals surface area contributed by atoms with Crippen LogP contribution in [-0.4, -0.2) is 9.55 Å². The first kappa shape index (κ1) is 17.5. The van der Waals surface area contributed by atoms with Crippen LogP contribution in [0.25, 0.3) is 22.6 Å². The highest BCUT2D eigenvalue weighted by Crippen LogP contribution is 2.32. The second-order valence-corrected chi connectivity index (χ2v) is 6.90.